The minimum Gasteiger partial charge on any atom is -0.370 e. The van der Waals surface area contributed by atoms with Crippen molar-refractivity contribution in [1.29, 1.82) is 43.3 Å². The molecule has 0 aliphatic heterocycles. The number of rotatable bonds is 60. The van der Waals surface area contributed by atoms with Gasteiger partial charge in [-0.1, -0.05) is 19.8 Å². The average Bonchev–Trinajstić information content (AvgIpc) is 0.876. The Morgan fingerprint density at radius 3 is 0.575 bits per heavy atom. The Morgan fingerprint density at radius 1 is 0.221 bits per heavy atom. The molecular weight excluding hydrogens is 1480 g/mol. The van der Waals surface area contributed by atoms with E-state index in [0.717, 1.165) is 12.8 Å². The molecule has 0 fully saturated rings. The Morgan fingerprint density at radius 2 is 0.389 bits per heavy atom. The van der Waals surface area contributed by atoms with Gasteiger partial charge >= 0.3 is 0 Å². The van der Waals surface area contributed by atoms with Gasteiger partial charge in [0, 0.05) is 65.8 Å². The summed E-state index contributed by atoms with van der Waals surface area (Å²) in [6.45, 7) is 1.01. The third-order valence-corrected chi connectivity index (χ3v) is 15.9. The van der Waals surface area contributed by atoms with Crippen LogP contribution in [0.4, 0.5) is 0 Å². The molecule has 0 aromatic heterocycles. The summed E-state index contributed by atoms with van der Waals surface area (Å²) >= 11 is 0. The van der Waals surface area contributed by atoms with Crippen molar-refractivity contribution in [3.63, 3.8) is 0 Å². The molecular formula is C63H123N37O13. The first-order valence-electron chi connectivity index (χ1n) is 36.8. The molecule has 0 heterocycles. The summed E-state index contributed by atoms with van der Waals surface area (Å²) in [4.78, 5) is 177. The van der Waals surface area contributed by atoms with Crippen LogP contribution < -0.4 is 158 Å². The maximum atomic E-state index is 14.4. The van der Waals surface area contributed by atoms with Crippen LogP contribution in [0, 0.1) is 43.3 Å². The first kappa shape index (κ1) is 100. The second kappa shape index (κ2) is 59.2. The Kier molecular flexibility index (Phi) is 52.5. The SMILES string of the molecule is CCCCCNC(=O)C(CCCNC(=N)N)NC(=O)CNC(=O)C(CCCNC(=N)N)NC(=O)C(CCCNC(=N)N)NC(=O)CNC(=O)C(CCCNC(=N)N)NC(=O)C(CCCNC(=N)N)NC(=O)CNC(=O)C(CCCNC(=N)N)NC(=O)C(CCCNC(=N)N)NC(=O)CNC(=O)C(CCCNC(=N)N)NC(C)=O. The van der Waals surface area contributed by atoms with Crippen LogP contribution >= 0.6 is 0 Å². The molecule has 0 spiro atoms. The van der Waals surface area contributed by atoms with Crippen molar-refractivity contribution in [2.24, 2.45) is 45.9 Å². The molecule has 638 valence electrons. The normalized spacial score (nSPS) is 12.6. The van der Waals surface area contributed by atoms with E-state index in [0.29, 0.717) is 19.4 Å². The molecule has 0 aromatic carbocycles. The maximum absolute atomic E-state index is 14.4. The molecule has 0 aliphatic rings. The Hall–Kier alpha value is -12.7. The molecule has 50 heteroatoms. The van der Waals surface area contributed by atoms with E-state index < -0.39 is 181 Å². The largest absolute Gasteiger partial charge is 0.370 e. The number of hydrogen-bond donors (Lipinski definition) is 37. The van der Waals surface area contributed by atoms with Gasteiger partial charge in [0.2, 0.25) is 76.8 Å². The molecule has 13 amide bonds. The fourth-order valence-corrected chi connectivity index (χ4v) is 10.3. The molecule has 0 rings (SSSR count). The summed E-state index contributed by atoms with van der Waals surface area (Å²) in [7, 11) is 0. The molecule has 0 aromatic rings. The molecule has 8 unspecified atom stereocenters. The van der Waals surface area contributed by atoms with E-state index in [2.05, 4.69) is 112 Å². The summed E-state index contributed by atoms with van der Waals surface area (Å²) in [6.07, 6.45) is 2.71. The van der Waals surface area contributed by atoms with Gasteiger partial charge in [-0.2, -0.15) is 0 Å². The van der Waals surface area contributed by atoms with Crippen molar-refractivity contribution in [2.75, 3.05) is 85.1 Å². The van der Waals surface area contributed by atoms with Crippen LogP contribution in [0.25, 0.3) is 0 Å². The molecule has 0 bridgehead atoms. The second-order valence-electron chi connectivity index (χ2n) is 25.6. The lowest BCUT2D eigenvalue weighted by molar-refractivity contribution is -0.134. The van der Waals surface area contributed by atoms with E-state index in [1.165, 1.54) is 6.92 Å². The monoisotopic (exact) mass is 1610 g/mol. The second-order valence-corrected chi connectivity index (χ2v) is 25.6. The number of hydrogen-bond acceptors (Lipinski definition) is 21. The fraction of sp³-hybridized carbons (Fsp3) is 0.667. The number of amides is 13. The van der Waals surface area contributed by atoms with E-state index in [1.807, 2.05) is 6.92 Å². The van der Waals surface area contributed by atoms with Crippen LogP contribution in [0.3, 0.4) is 0 Å². The topological polar surface area (TPSA) is 873 Å². The van der Waals surface area contributed by atoms with Crippen LogP contribution in [-0.2, 0) is 62.3 Å². The van der Waals surface area contributed by atoms with E-state index in [4.69, 9.17) is 89.1 Å². The van der Waals surface area contributed by atoms with Gasteiger partial charge in [-0.15, -0.1) is 0 Å². The first-order valence-corrected chi connectivity index (χ1v) is 36.8. The van der Waals surface area contributed by atoms with Gasteiger partial charge in [-0.25, -0.2) is 0 Å². The van der Waals surface area contributed by atoms with Gasteiger partial charge < -0.3 is 158 Å². The zero-order valence-electron chi connectivity index (χ0n) is 64.2. The van der Waals surface area contributed by atoms with Crippen LogP contribution in [0.15, 0.2) is 0 Å². The lowest BCUT2D eigenvalue weighted by atomic mass is 10.1. The van der Waals surface area contributed by atoms with Crippen molar-refractivity contribution in [3.8, 4) is 0 Å². The number of carbonyl (C=O) groups excluding carboxylic acids is 13. The standard InChI is InChI=1S/C63H123N37O13/c1-3-4-5-22-80-48(106)37(15-7-24-82-57(66)67)94-44(102)31-90-50(108)38(16-8-25-83-58(68)69)98-54(112)42(20-12-29-87-62(76)77)96-46(104)33-92-52(110)40(18-10-27-85-60(72)73)100-55(113)43(21-13-30-88-63(78)79)97-47(105)34-91-51(109)39(17-9-26-84-59(70)71)99-53(111)41(19-11-28-86-61(74)75)95-45(103)32-89-49(107)36(93-35(2)101)14-6-23-81-56(64)65/h36-43H,3-34H2,1-2H3,(H,80,106)(H,89,107)(H,90,108)(H,91,109)(H,92,110)(H,93,101)(H,94,102)(H,95,103)(H,96,104)(H,97,105)(H,98,112)(H,99,111)(H,100,113)(H4,64,65,81)(H4,66,67,82)(H4,68,69,83)(H4,70,71,84)(H4,72,73,85)(H4,74,75,86)(H4,76,77,87)(H4,78,79,88). The van der Waals surface area contributed by atoms with Crippen molar-refractivity contribution in [1.82, 2.24) is 112 Å². The average molecular weight is 1610 g/mol. The smallest absolute Gasteiger partial charge is 0.243 e. The summed E-state index contributed by atoms with van der Waals surface area (Å²) in [5.74, 6) is -14.1. The highest BCUT2D eigenvalue weighted by Crippen LogP contribution is 2.08. The molecule has 0 radical (unpaired) electrons. The molecule has 0 saturated heterocycles. The zero-order valence-corrected chi connectivity index (χ0v) is 64.2. The molecule has 0 aliphatic carbocycles. The van der Waals surface area contributed by atoms with E-state index in [-0.39, 0.29) is 167 Å². The van der Waals surface area contributed by atoms with Crippen LogP contribution in [0.5, 0.6) is 0 Å². The van der Waals surface area contributed by atoms with Crippen LogP contribution in [-0.4, -0.2) is 258 Å². The number of nitrogens with one attached hydrogen (secondary N) is 29. The van der Waals surface area contributed by atoms with Crippen LogP contribution in [0.2, 0.25) is 0 Å². The Labute approximate surface area is 654 Å². The number of unbranched alkanes of at least 4 members (excludes halogenated alkanes) is 2. The highest BCUT2D eigenvalue weighted by Gasteiger charge is 2.33. The van der Waals surface area contributed by atoms with Gasteiger partial charge in [0.15, 0.2) is 47.7 Å². The third-order valence-electron chi connectivity index (χ3n) is 15.9. The van der Waals surface area contributed by atoms with Gasteiger partial charge in [0.05, 0.1) is 26.2 Å². The summed E-state index contributed by atoms with van der Waals surface area (Å²) in [5.41, 5.74) is 43.5. The number of nitrogens with two attached hydrogens (primary N) is 8. The van der Waals surface area contributed by atoms with Gasteiger partial charge in [0.1, 0.15) is 48.3 Å². The zero-order chi connectivity index (χ0) is 85.2. The predicted octanol–water partition coefficient (Wildman–Crippen LogP) is -12.2. The number of carbonyl (C=O) groups is 13. The van der Waals surface area contributed by atoms with E-state index >= 15 is 0 Å². The molecule has 45 N–H and O–H groups in total. The fourth-order valence-electron chi connectivity index (χ4n) is 10.3. The lowest BCUT2D eigenvalue weighted by Crippen LogP contribution is -2.57. The Bertz CT molecular complexity index is 3180. The van der Waals surface area contributed by atoms with Gasteiger partial charge in [-0.3, -0.25) is 106 Å². The lowest BCUT2D eigenvalue weighted by Gasteiger charge is -2.25. The third kappa shape index (κ3) is 52.9. The van der Waals surface area contributed by atoms with Gasteiger partial charge in [0.25, 0.3) is 0 Å². The first-order chi connectivity index (χ1) is 53.4. The predicted molar refractivity (Wildman–Crippen MR) is 419 cm³/mol. The van der Waals surface area contributed by atoms with Gasteiger partial charge in [-0.05, 0) is 109 Å². The summed E-state index contributed by atoms with van der Waals surface area (Å²) in [6, 6.07) is -10.9. The highest BCUT2D eigenvalue weighted by atomic mass is 16.2. The summed E-state index contributed by atoms with van der Waals surface area (Å²) in [5, 5.41) is 114. The van der Waals surface area contributed by atoms with Crippen molar-refractivity contribution < 1.29 is 62.3 Å². The van der Waals surface area contributed by atoms with Crippen molar-refractivity contribution >= 4 is 124 Å². The quantitative estimate of drug-likeness (QED) is 0.0153. The maximum Gasteiger partial charge on any atom is 0.243 e. The molecule has 113 heavy (non-hydrogen) atoms. The van der Waals surface area contributed by atoms with E-state index in [1.54, 1.807) is 0 Å². The minimum atomic E-state index is -1.51. The van der Waals surface area contributed by atoms with E-state index in [9.17, 15) is 62.3 Å². The minimum absolute atomic E-state index is 0.00336. The highest BCUT2D eigenvalue weighted by molar-refractivity contribution is 5.98. The summed E-state index contributed by atoms with van der Waals surface area (Å²) < 4.78 is 0. The van der Waals surface area contributed by atoms with Crippen molar-refractivity contribution in [2.45, 2.75) is 184 Å². The number of guanidine groups is 8. The Balaban J connectivity index is 6.94. The molecule has 50 nitrogen and oxygen atoms in total. The van der Waals surface area contributed by atoms with Crippen LogP contribution in [0.1, 0.15) is 136 Å². The van der Waals surface area contributed by atoms with Crippen molar-refractivity contribution in [3.05, 3.63) is 0 Å². The molecule has 8 atom stereocenters. The molecule has 0 saturated carbocycles.